The van der Waals surface area contributed by atoms with Crippen LogP contribution in [-0.2, 0) is 268 Å². The van der Waals surface area contributed by atoms with Crippen LogP contribution in [-0.4, -0.2) is 36.9 Å². The van der Waals surface area contributed by atoms with Gasteiger partial charge in [0.25, 0.3) is 7.82 Å². The van der Waals surface area contributed by atoms with Crippen LogP contribution in [0.5, 0.6) is 0 Å². The SMILES string of the molecule is CC(C)(C)/C=C\OOOOOOOOOOOOOOOOOOOOOOOOCCOP(=O)(O)O/C=C\OOOOOOOOOOOOOOOOOOOOOOOOCCOP(=O)([O-])OC(C)(C)C. The van der Waals surface area contributed by atoms with Gasteiger partial charge < -0.3 is 28.2 Å². The lowest BCUT2D eigenvalue weighted by atomic mass is 9.97. The maximum Gasteiger partial charge on any atom is 0.527 e. The average Bonchev–Trinajstić information content (AvgIpc) is 3.33. The van der Waals surface area contributed by atoms with Crippen molar-refractivity contribution in [2.75, 3.05) is 26.4 Å². The summed E-state index contributed by atoms with van der Waals surface area (Å²) in [5.74, 6) is 0. The van der Waals surface area contributed by atoms with E-state index in [-0.39, 0.29) is 5.41 Å². The van der Waals surface area contributed by atoms with Gasteiger partial charge >= 0.3 is 7.82 Å². The molecule has 58 heteroatoms. The zero-order chi connectivity index (χ0) is 54.4. The third kappa shape index (κ3) is 61.8. The summed E-state index contributed by atoms with van der Waals surface area (Å²) in [6, 6.07) is 0. The van der Waals surface area contributed by atoms with E-state index in [1.807, 2.05) is 20.8 Å². The molecule has 0 aromatic carbocycles. The van der Waals surface area contributed by atoms with E-state index >= 15 is 0 Å². The molecule has 0 aromatic rings. The van der Waals surface area contributed by atoms with Gasteiger partial charge in [0.1, 0.15) is 25.7 Å². The summed E-state index contributed by atoms with van der Waals surface area (Å²) in [7, 11) is -9.34. The molecule has 0 radical (unpaired) electrons. The first-order valence-electron chi connectivity index (χ1n) is 16.2. The van der Waals surface area contributed by atoms with Gasteiger partial charge in [0.2, 0.25) is 0 Å². The molecule has 0 aliphatic carbocycles. The van der Waals surface area contributed by atoms with Crippen LogP contribution in [0, 0.1) is 5.41 Å². The van der Waals surface area contributed by atoms with Crippen LogP contribution in [0.1, 0.15) is 41.5 Å². The first-order valence-corrected chi connectivity index (χ1v) is 19.1. The van der Waals surface area contributed by atoms with Crippen LogP contribution < -0.4 is 4.89 Å². The fourth-order valence-corrected chi connectivity index (χ4v) is 3.35. The van der Waals surface area contributed by atoms with Gasteiger partial charge in [0.05, 0.1) is 18.8 Å². The topological polar surface area (TPSA) is 557 Å². The van der Waals surface area contributed by atoms with Crippen molar-refractivity contribution in [1.29, 1.82) is 0 Å². The molecule has 1 N–H and O–H groups in total. The van der Waals surface area contributed by atoms with E-state index in [2.05, 4.69) is 259 Å². The molecule has 2 atom stereocenters. The number of hydrogen-bond acceptors (Lipinski definition) is 55. The van der Waals surface area contributed by atoms with Crippen molar-refractivity contribution < 1.29 is 278 Å². The Morgan fingerprint density at radius 2 is 0.608 bits per heavy atom. The van der Waals surface area contributed by atoms with Gasteiger partial charge in [-0.2, -0.15) is 0 Å². The second kappa shape index (κ2) is 51.1. The molecule has 0 aliphatic rings. The van der Waals surface area contributed by atoms with E-state index in [0.717, 1.165) is 6.26 Å². The highest BCUT2D eigenvalue weighted by molar-refractivity contribution is 7.47. The molecule has 74 heavy (non-hydrogen) atoms. The summed E-state index contributed by atoms with van der Waals surface area (Å²) in [6.45, 7) is 7.80. The third-order valence-corrected chi connectivity index (χ3v) is 5.66. The van der Waals surface area contributed by atoms with Crippen molar-refractivity contribution in [3.8, 4) is 0 Å². The molecule has 56 nitrogen and oxygen atoms in total. The molecule has 0 saturated heterocycles. The minimum Gasteiger partial charge on any atom is -0.756 e. The highest BCUT2D eigenvalue weighted by Crippen LogP contribution is 2.43. The van der Waals surface area contributed by atoms with E-state index in [1.165, 1.54) is 20.8 Å². The van der Waals surface area contributed by atoms with Gasteiger partial charge in [-0.1, -0.05) is 20.8 Å². The Bertz CT molecular complexity index is 1330. The van der Waals surface area contributed by atoms with E-state index in [0.29, 0.717) is 12.5 Å². The molecule has 442 valence electrons. The van der Waals surface area contributed by atoms with Crippen LogP contribution >= 0.6 is 15.6 Å². The monoisotopic (exact) mass is 1180 g/mol. The maximum absolute atomic E-state index is 11.6. The Labute approximate surface area is 398 Å². The van der Waals surface area contributed by atoms with Crippen molar-refractivity contribution in [2.24, 2.45) is 5.41 Å². The fourth-order valence-electron chi connectivity index (χ4n) is 1.76. The molecule has 0 saturated carbocycles. The van der Waals surface area contributed by atoms with Gasteiger partial charge in [0, 0.05) is 141 Å². The van der Waals surface area contributed by atoms with Crippen molar-refractivity contribution in [3.63, 3.8) is 0 Å². The molecule has 0 spiro atoms. The molecule has 0 aromatic heterocycles. The summed E-state index contributed by atoms with van der Waals surface area (Å²) < 4.78 is 40.8. The standard InChI is InChI=1S/C16H32O56P2/c1-15(2,3)7-8-21-29-33-37-41-45-49-53-57-61-65-69-70-66-62-58-54-50-46-42-38-34-30-22-9-12-25-73(17,18)26-13-10-23-31-35-39-43-47-51-55-59-63-67-71-72-68-64-60-56-52-48-44-40-36-32-24-11-14-27-74(19,20)28-16(4,5)6/h7-8,10,13H,9,11-12,14H2,1-6H3,(H,17,18)(H,19,20)/p-1/b8-7-,13-10-. The normalized spacial score (nSPS) is 14.1. The van der Waals surface area contributed by atoms with E-state index in [1.54, 1.807) is 6.08 Å². The van der Waals surface area contributed by atoms with E-state index in [4.69, 9.17) is 0 Å². The lowest BCUT2D eigenvalue weighted by Gasteiger charge is -2.30. The summed E-state index contributed by atoms with van der Waals surface area (Å²) in [6.07, 6.45) is 3.61. The van der Waals surface area contributed by atoms with Crippen LogP contribution in [0.15, 0.2) is 24.9 Å². The number of rotatable bonds is 59. The second-order valence-corrected chi connectivity index (χ2v) is 13.4. The summed E-state index contributed by atoms with van der Waals surface area (Å²) >= 11 is 0. The van der Waals surface area contributed by atoms with Crippen LogP contribution in [0.4, 0.5) is 0 Å². The van der Waals surface area contributed by atoms with E-state index in [9.17, 15) is 18.9 Å². The highest BCUT2D eigenvalue weighted by atomic mass is 31.2. The molecular weight excluding hydrogens is 1150 g/mol. The zero-order valence-corrected chi connectivity index (χ0v) is 37.7. The second-order valence-electron chi connectivity index (χ2n) is 10.7. The van der Waals surface area contributed by atoms with Gasteiger partial charge in [-0.25, -0.2) is 14.3 Å². The predicted octanol–water partition coefficient (Wildman–Crippen LogP) is 0.338. The van der Waals surface area contributed by atoms with Gasteiger partial charge in [-0.15, -0.1) is 0 Å². The number of phosphoric ester groups is 2. The number of phosphoric acid groups is 2. The molecule has 0 aliphatic heterocycles. The first-order chi connectivity index (χ1) is 35.6. The first kappa shape index (κ1) is 71.3. The van der Waals surface area contributed by atoms with Gasteiger partial charge in [-0.05, 0) is 113 Å². The smallest absolute Gasteiger partial charge is 0.527 e. The van der Waals surface area contributed by atoms with Crippen LogP contribution in [0.2, 0.25) is 0 Å². The maximum atomic E-state index is 11.6. The van der Waals surface area contributed by atoms with Crippen LogP contribution in [0.3, 0.4) is 0 Å². The van der Waals surface area contributed by atoms with Crippen LogP contribution in [0.25, 0.3) is 0 Å². The molecule has 0 fully saturated rings. The predicted molar refractivity (Wildman–Crippen MR) is 151 cm³/mol. The number of hydrogen-bond donors (Lipinski definition) is 1. The highest BCUT2D eigenvalue weighted by Gasteiger charge is 2.21. The molecule has 0 amide bonds. The van der Waals surface area contributed by atoms with Crippen molar-refractivity contribution >= 4 is 15.6 Å². The molecule has 0 heterocycles. The largest absolute Gasteiger partial charge is 0.756 e. The Hall–Kier alpha value is -2.70. The van der Waals surface area contributed by atoms with Crippen molar-refractivity contribution in [2.45, 2.75) is 47.1 Å². The van der Waals surface area contributed by atoms with Crippen molar-refractivity contribution in [3.05, 3.63) is 24.9 Å². The molecule has 0 rings (SSSR count). The minimum atomic E-state index is -4.75. The summed E-state index contributed by atoms with van der Waals surface area (Å²) in [5, 5.41) is 160. The summed E-state index contributed by atoms with van der Waals surface area (Å²) in [5.41, 5.74) is -1.20. The average molecular weight is 1180 g/mol. The molecule has 0 bridgehead atoms. The Kier molecular flexibility index (Phi) is 49.2. The lowest BCUT2D eigenvalue weighted by Crippen LogP contribution is -2.23. The lowest BCUT2D eigenvalue weighted by molar-refractivity contribution is -0.899. The Morgan fingerprint density at radius 3 is 0.892 bits per heavy atom. The van der Waals surface area contributed by atoms with Gasteiger partial charge in [-0.3, -0.25) is 14.0 Å². The zero-order valence-electron chi connectivity index (χ0n) is 35.9. The summed E-state index contributed by atoms with van der Waals surface area (Å²) in [4.78, 5) is 37.8. The minimum absolute atomic E-state index is 0.188. The molecular formula is C16H31O56P2-. The Balaban J connectivity index is 3.30. The van der Waals surface area contributed by atoms with Crippen molar-refractivity contribution in [1.82, 2.24) is 0 Å². The van der Waals surface area contributed by atoms with E-state index < -0.39 is 47.7 Å². The fraction of sp³-hybridized carbons (Fsp3) is 0.750. The molecule has 2 unspecified atom stereocenters. The number of allylic oxidation sites excluding steroid dienone is 1. The third-order valence-electron chi connectivity index (χ3n) is 3.49. The quantitative estimate of drug-likeness (QED) is 0.0282. The van der Waals surface area contributed by atoms with Gasteiger partial charge in [0.15, 0.2) is 6.26 Å². The Morgan fingerprint density at radius 1 is 0.351 bits per heavy atom.